The number of rotatable bonds is 10. The maximum Gasteiger partial charge on any atom is 0.339 e. The smallest absolute Gasteiger partial charge is 0.339 e. The number of nitrogens with one attached hydrogen (secondary N) is 1. The van der Waals surface area contributed by atoms with Gasteiger partial charge in [-0.05, 0) is 66.1 Å². The Hall–Kier alpha value is -3.43. The van der Waals surface area contributed by atoms with Gasteiger partial charge < -0.3 is 19.1 Å². The van der Waals surface area contributed by atoms with Crippen LogP contribution in [0.3, 0.4) is 0 Å². The van der Waals surface area contributed by atoms with Gasteiger partial charge in [-0.1, -0.05) is 31.2 Å². The molecular formula is C25H27FN2O5S. The van der Waals surface area contributed by atoms with Crippen LogP contribution in [-0.4, -0.2) is 39.6 Å². The molecule has 0 heterocycles. The first-order valence-corrected chi connectivity index (χ1v) is 12.1. The predicted octanol–water partition coefficient (Wildman–Crippen LogP) is 4.84. The number of hydrogen-bond donors (Lipinski definition) is 1. The Labute approximate surface area is 199 Å². The summed E-state index contributed by atoms with van der Waals surface area (Å²) in [6.45, 7) is 3.06. The lowest BCUT2D eigenvalue weighted by atomic mass is 10.1. The third-order valence-electron chi connectivity index (χ3n) is 5.04. The van der Waals surface area contributed by atoms with Crippen molar-refractivity contribution in [3.63, 3.8) is 0 Å². The molecule has 1 N–H and O–H groups in total. The van der Waals surface area contributed by atoms with Crippen molar-refractivity contribution in [3.8, 4) is 5.75 Å². The van der Waals surface area contributed by atoms with Crippen molar-refractivity contribution in [2.24, 2.45) is 0 Å². The number of methoxy groups -OCH3 is 1. The van der Waals surface area contributed by atoms with Crippen LogP contribution >= 0.6 is 0 Å². The van der Waals surface area contributed by atoms with Gasteiger partial charge in [0.25, 0.3) is 0 Å². The first kappa shape index (κ1) is 25.2. The minimum Gasteiger partial charge on any atom is -0.383 e. The molecule has 0 spiro atoms. The molecule has 0 aliphatic heterocycles. The summed E-state index contributed by atoms with van der Waals surface area (Å²) in [4.78, 5) is 14.3. The Balaban J connectivity index is 1.68. The maximum atomic E-state index is 13.1. The summed E-state index contributed by atoms with van der Waals surface area (Å²) in [7, 11) is -2.53. The van der Waals surface area contributed by atoms with E-state index < -0.39 is 15.9 Å². The van der Waals surface area contributed by atoms with Gasteiger partial charge in [0.2, 0.25) is 0 Å². The topological polar surface area (TPSA) is 84.9 Å². The van der Waals surface area contributed by atoms with E-state index in [4.69, 9.17) is 8.92 Å². The lowest BCUT2D eigenvalue weighted by Gasteiger charge is -2.23. The molecule has 0 aliphatic carbocycles. The Bertz CT molecular complexity index is 1200. The van der Waals surface area contributed by atoms with Gasteiger partial charge in [0.1, 0.15) is 16.5 Å². The molecule has 180 valence electrons. The van der Waals surface area contributed by atoms with Crippen LogP contribution in [0, 0.1) is 5.82 Å². The molecule has 2 amide bonds. The molecule has 0 bridgehead atoms. The van der Waals surface area contributed by atoms with Crippen LogP contribution in [0.4, 0.5) is 14.9 Å². The summed E-state index contributed by atoms with van der Waals surface area (Å²) in [5.74, 6) is -0.430. The number of anilines is 1. The van der Waals surface area contributed by atoms with Crippen molar-refractivity contribution < 1.29 is 26.5 Å². The summed E-state index contributed by atoms with van der Waals surface area (Å²) in [5, 5.41) is 2.91. The number of carbonyl (C=O) groups is 1. The summed E-state index contributed by atoms with van der Waals surface area (Å²) in [6, 6.07) is 18.1. The summed E-state index contributed by atoms with van der Waals surface area (Å²) in [6.07, 6.45) is 0.863. The molecule has 0 radical (unpaired) electrons. The summed E-state index contributed by atoms with van der Waals surface area (Å²) in [5.41, 5.74) is 2.61. The number of aryl methyl sites for hydroxylation is 1. The highest BCUT2D eigenvalue weighted by Gasteiger charge is 2.18. The van der Waals surface area contributed by atoms with E-state index in [9.17, 15) is 17.6 Å². The van der Waals surface area contributed by atoms with Crippen LogP contribution in [0.1, 0.15) is 18.1 Å². The Morgan fingerprint density at radius 3 is 2.35 bits per heavy atom. The quantitative estimate of drug-likeness (QED) is 0.415. The molecule has 0 fully saturated rings. The molecule has 0 unspecified atom stereocenters. The van der Waals surface area contributed by atoms with E-state index in [1.165, 1.54) is 12.1 Å². The SMILES string of the molecule is CCc1cccc(NC(=O)N(CCOC)Cc2ccc(OS(=O)(=O)c3ccc(F)cc3)cc2)c1. The van der Waals surface area contributed by atoms with E-state index in [1.54, 1.807) is 24.1 Å². The summed E-state index contributed by atoms with van der Waals surface area (Å²) >= 11 is 0. The fourth-order valence-electron chi connectivity index (χ4n) is 3.17. The van der Waals surface area contributed by atoms with Crippen LogP contribution in [0.2, 0.25) is 0 Å². The molecule has 0 saturated carbocycles. The van der Waals surface area contributed by atoms with Crippen molar-refractivity contribution >= 4 is 21.8 Å². The number of nitrogens with zero attached hydrogens (tertiary/aromatic N) is 1. The van der Waals surface area contributed by atoms with Gasteiger partial charge in [-0.15, -0.1) is 0 Å². The van der Waals surface area contributed by atoms with E-state index >= 15 is 0 Å². The lowest BCUT2D eigenvalue weighted by Crippen LogP contribution is -2.36. The second-order valence-electron chi connectivity index (χ2n) is 7.53. The number of amides is 2. The minimum absolute atomic E-state index is 0.109. The number of ether oxygens (including phenoxy) is 1. The van der Waals surface area contributed by atoms with Crippen LogP contribution in [0.15, 0.2) is 77.7 Å². The average Bonchev–Trinajstić information content (AvgIpc) is 2.83. The molecule has 3 aromatic carbocycles. The second-order valence-corrected chi connectivity index (χ2v) is 9.08. The lowest BCUT2D eigenvalue weighted by molar-refractivity contribution is 0.153. The normalized spacial score (nSPS) is 11.1. The second kappa shape index (κ2) is 11.6. The monoisotopic (exact) mass is 486 g/mol. The van der Waals surface area contributed by atoms with Gasteiger partial charge in [0.05, 0.1) is 6.61 Å². The van der Waals surface area contributed by atoms with Gasteiger partial charge in [0.15, 0.2) is 0 Å². The number of hydrogen-bond acceptors (Lipinski definition) is 5. The van der Waals surface area contributed by atoms with Crippen LogP contribution < -0.4 is 9.50 Å². The number of benzene rings is 3. The molecule has 0 aliphatic rings. The van der Waals surface area contributed by atoms with Gasteiger partial charge >= 0.3 is 16.1 Å². The third kappa shape index (κ3) is 7.03. The fraction of sp³-hybridized carbons (Fsp3) is 0.240. The van der Waals surface area contributed by atoms with E-state index in [2.05, 4.69) is 5.32 Å². The standard InChI is InChI=1S/C25H27FN2O5S/c1-3-19-5-4-6-22(17-19)27-25(29)28(15-16-32-2)18-20-7-11-23(12-8-20)33-34(30,31)24-13-9-21(26)10-14-24/h4-14,17H,3,15-16,18H2,1-2H3,(H,27,29). The van der Waals surface area contributed by atoms with Crippen molar-refractivity contribution in [2.75, 3.05) is 25.6 Å². The zero-order chi connectivity index (χ0) is 24.6. The van der Waals surface area contributed by atoms with Crippen LogP contribution in [-0.2, 0) is 27.8 Å². The Morgan fingerprint density at radius 1 is 1.00 bits per heavy atom. The zero-order valence-corrected chi connectivity index (χ0v) is 19.8. The molecule has 34 heavy (non-hydrogen) atoms. The van der Waals surface area contributed by atoms with Crippen molar-refractivity contribution in [1.29, 1.82) is 0 Å². The molecule has 3 rings (SSSR count). The van der Waals surface area contributed by atoms with Crippen molar-refractivity contribution in [2.45, 2.75) is 24.8 Å². The average molecular weight is 487 g/mol. The van der Waals surface area contributed by atoms with E-state index in [0.717, 1.165) is 41.8 Å². The van der Waals surface area contributed by atoms with Gasteiger partial charge in [-0.2, -0.15) is 8.42 Å². The Kier molecular flexibility index (Phi) is 8.61. The molecule has 0 saturated heterocycles. The van der Waals surface area contributed by atoms with Crippen molar-refractivity contribution in [1.82, 2.24) is 4.90 Å². The van der Waals surface area contributed by atoms with Gasteiger partial charge in [0, 0.05) is 25.9 Å². The van der Waals surface area contributed by atoms with Crippen molar-refractivity contribution in [3.05, 3.63) is 89.7 Å². The van der Waals surface area contributed by atoms with E-state index in [1.807, 2.05) is 31.2 Å². The summed E-state index contributed by atoms with van der Waals surface area (Å²) < 4.78 is 48.1. The van der Waals surface area contributed by atoms with Crippen LogP contribution in [0.25, 0.3) is 0 Å². The highest BCUT2D eigenvalue weighted by Crippen LogP contribution is 2.20. The maximum absolute atomic E-state index is 13.1. The minimum atomic E-state index is -4.09. The first-order chi connectivity index (χ1) is 16.3. The molecule has 0 aromatic heterocycles. The van der Waals surface area contributed by atoms with Gasteiger partial charge in [-0.3, -0.25) is 0 Å². The molecule has 3 aromatic rings. The van der Waals surface area contributed by atoms with Crippen LogP contribution in [0.5, 0.6) is 5.75 Å². The highest BCUT2D eigenvalue weighted by atomic mass is 32.2. The fourth-order valence-corrected chi connectivity index (χ4v) is 4.10. The number of halogens is 1. The molecule has 9 heteroatoms. The largest absolute Gasteiger partial charge is 0.383 e. The predicted molar refractivity (Wildman–Crippen MR) is 128 cm³/mol. The van der Waals surface area contributed by atoms with Gasteiger partial charge in [-0.25, -0.2) is 9.18 Å². The number of urea groups is 1. The van der Waals surface area contributed by atoms with E-state index in [0.29, 0.717) is 18.8 Å². The third-order valence-corrected chi connectivity index (χ3v) is 6.31. The Morgan fingerprint density at radius 2 is 1.71 bits per heavy atom. The first-order valence-electron chi connectivity index (χ1n) is 10.7. The molecule has 0 atom stereocenters. The highest BCUT2D eigenvalue weighted by molar-refractivity contribution is 7.87. The molecule has 7 nitrogen and oxygen atoms in total. The zero-order valence-electron chi connectivity index (χ0n) is 19.0. The van der Waals surface area contributed by atoms with E-state index in [-0.39, 0.29) is 23.2 Å². The molecular weight excluding hydrogens is 459 g/mol. The number of carbonyl (C=O) groups excluding carboxylic acids is 1.